The molecule has 2 saturated carbocycles. The third kappa shape index (κ3) is 5.23. The lowest BCUT2D eigenvalue weighted by atomic mass is 9.83. The standard InChI is InChI=1S/C23H28F5N5O2/c24-21(25)12-33-19(10-17(31-33)15-9-20(22(29)30-11-15)35-23(26,27)28)16-7-14-6-13(16)8-18(14)32-2-1-4-34-5-3-32/h9-11,13-14,16,18,21H,1-8,12H2,(H2,29,30)/t13-,14?,16?,18?/m0/s1. The van der Waals surface area contributed by atoms with Gasteiger partial charge in [0.1, 0.15) is 6.54 Å². The number of halogens is 5. The second-order valence-electron chi connectivity index (χ2n) is 9.59. The van der Waals surface area contributed by atoms with Gasteiger partial charge in [0.05, 0.1) is 12.3 Å². The highest BCUT2D eigenvalue weighted by Crippen LogP contribution is 2.54. The second kappa shape index (κ2) is 9.53. The van der Waals surface area contributed by atoms with Crippen molar-refractivity contribution in [1.82, 2.24) is 19.7 Å². The fraction of sp³-hybridized carbons (Fsp3) is 0.652. The Morgan fingerprint density at radius 1 is 1.11 bits per heavy atom. The molecule has 3 unspecified atom stereocenters. The summed E-state index contributed by atoms with van der Waals surface area (Å²) in [5.74, 6) is -0.164. The van der Waals surface area contributed by atoms with Crippen LogP contribution in [0.4, 0.5) is 27.8 Å². The summed E-state index contributed by atoms with van der Waals surface area (Å²) in [6, 6.07) is 3.27. The van der Waals surface area contributed by atoms with E-state index in [1.165, 1.54) is 10.9 Å². The van der Waals surface area contributed by atoms with Crippen LogP contribution < -0.4 is 10.5 Å². The number of alkyl halides is 5. The van der Waals surface area contributed by atoms with E-state index in [0.29, 0.717) is 23.6 Å². The maximum atomic E-state index is 13.4. The molecule has 12 heteroatoms. The molecule has 2 aromatic heterocycles. The zero-order valence-electron chi connectivity index (χ0n) is 19.1. The van der Waals surface area contributed by atoms with Crippen molar-refractivity contribution in [3.05, 3.63) is 24.0 Å². The van der Waals surface area contributed by atoms with Crippen LogP contribution in [0.1, 0.15) is 37.3 Å². The lowest BCUT2D eigenvalue weighted by molar-refractivity contribution is -0.274. The third-order valence-electron chi connectivity index (χ3n) is 7.45. The van der Waals surface area contributed by atoms with Gasteiger partial charge in [-0.15, -0.1) is 13.2 Å². The lowest BCUT2D eigenvalue weighted by Gasteiger charge is -2.36. The summed E-state index contributed by atoms with van der Waals surface area (Å²) in [6.45, 7) is 2.87. The normalized spacial score (nSPS) is 27.5. The first-order valence-corrected chi connectivity index (χ1v) is 11.9. The molecule has 2 aliphatic carbocycles. The Morgan fingerprint density at radius 3 is 2.66 bits per heavy atom. The van der Waals surface area contributed by atoms with Gasteiger partial charge in [-0.25, -0.2) is 13.8 Å². The molecule has 0 spiro atoms. The molecule has 5 rings (SSSR count). The monoisotopic (exact) mass is 501 g/mol. The van der Waals surface area contributed by atoms with Crippen LogP contribution in [0.5, 0.6) is 5.75 Å². The van der Waals surface area contributed by atoms with Gasteiger partial charge in [-0.1, -0.05) is 0 Å². The zero-order chi connectivity index (χ0) is 24.7. The van der Waals surface area contributed by atoms with Gasteiger partial charge in [0.2, 0.25) is 0 Å². The van der Waals surface area contributed by atoms with Crippen molar-refractivity contribution in [2.24, 2.45) is 11.8 Å². The third-order valence-corrected chi connectivity index (χ3v) is 7.45. The first-order valence-electron chi connectivity index (χ1n) is 11.9. The van der Waals surface area contributed by atoms with Gasteiger partial charge in [-0.3, -0.25) is 9.58 Å². The van der Waals surface area contributed by atoms with Crippen LogP contribution in [0.15, 0.2) is 18.3 Å². The van der Waals surface area contributed by atoms with Crippen LogP contribution in [-0.2, 0) is 11.3 Å². The van der Waals surface area contributed by atoms with Gasteiger partial charge >= 0.3 is 6.36 Å². The van der Waals surface area contributed by atoms with Crippen molar-refractivity contribution in [3.8, 4) is 17.0 Å². The first-order chi connectivity index (χ1) is 16.7. The number of ether oxygens (including phenoxy) is 2. The first kappa shape index (κ1) is 24.2. The van der Waals surface area contributed by atoms with E-state index in [-0.39, 0.29) is 17.2 Å². The molecule has 2 bridgehead atoms. The maximum Gasteiger partial charge on any atom is 0.573 e. The zero-order valence-corrected chi connectivity index (χ0v) is 19.1. The Labute approximate surface area is 199 Å². The maximum absolute atomic E-state index is 13.4. The van der Waals surface area contributed by atoms with Crippen molar-refractivity contribution in [2.45, 2.75) is 57.0 Å². The summed E-state index contributed by atoms with van der Waals surface area (Å²) in [6.07, 6.45) is -2.35. The minimum absolute atomic E-state index is 0.0760. The number of aromatic nitrogens is 3. The molecule has 2 aromatic rings. The number of nitrogen functional groups attached to an aromatic ring is 1. The summed E-state index contributed by atoms with van der Waals surface area (Å²) in [5.41, 5.74) is 6.71. The van der Waals surface area contributed by atoms with E-state index < -0.39 is 30.9 Å². The van der Waals surface area contributed by atoms with Crippen molar-refractivity contribution in [1.29, 1.82) is 0 Å². The van der Waals surface area contributed by atoms with Gasteiger partial charge < -0.3 is 15.2 Å². The predicted octanol–water partition coefficient (Wildman–Crippen LogP) is 4.30. The highest BCUT2D eigenvalue weighted by molar-refractivity contribution is 5.64. The van der Waals surface area contributed by atoms with E-state index in [9.17, 15) is 22.0 Å². The van der Waals surface area contributed by atoms with E-state index in [1.807, 2.05) is 0 Å². The van der Waals surface area contributed by atoms with E-state index in [4.69, 9.17) is 10.5 Å². The van der Waals surface area contributed by atoms with Gasteiger partial charge in [0, 0.05) is 49.1 Å². The Hall–Kier alpha value is -2.47. The molecule has 1 aliphatic heterocycles. The molecule has 3 fully saturated rings. The minimum Gasteiger partial charge on any atom is -0.402 e. The fourth-order valence-corrected chi connectivity index (χ4v) is 6.10. The van der Waals surface area contributed by atoms with E-state index >= 15 is 0 Å². The molecule has 0 aromatic carbocycles. The molecule has 35 heavy (non-hydrogen) atoms. The number of hydrogen-bond donors (Lipinski definition) is 1. The van der Waals surface area contributed by atoms with Crippen molar-refractivity contribution < 1.29 is 31.4 Å². The van der Waals surface area contributed by atoms with E-state index in [1.54, 1.807) is 6.07 Å². The molecule has 3 heterocycles. The molecule has 192 valence electrons. The molecule has 7 nitrogen and oxygen atoms in total. The number of hydrogen-bond acceptors (Lipinski definition) is 6. The Balaban J connectivity index is 1.39. The Morgan fingerprint density at radius 2 is 1.94 bits per heavy atom. The summed E-state index contributed by atoms with van der Waals surface area (Å²) < 4.78 is 75.8. The number of fused-ring (bicyclic) bond motifs is 2. The average Bonchev–Trinajstić information content (AvgIpc) is 3.43. The van der Waals surface area contributed by atoms with Crippen molar-refractivity contribution in [2.75, 3.05) is 32.0 Å². The Bertz CT molecular complexity index is 1040. The molecular formula is C23H28F5N5O2. The molecule has 2 N–H and O–H groups in total. The molecular weight excluding hydrogens is 473 g/mol. The summed E-state index contributed by atoms with van der Waals surface area (Å²) in [4.78, 5) is 6.30. The number of rotatable bonds is 6. The van der Waals surface area contributed by atoms with Gasteiger partial charge in [0.25, 0.3) is 6.43 Å². The highest BCUT2D eigenvalue weighted by Gasteiger charge is 2.49. The predicted molar refractivity (Wildman–Crippen MR) is 117 cm³/mol. The van der Waals surface area contributed by atoms with E-state index in [0.717, 1.165) is 58.1 Å². The quantitative estimate of drug-likeness (QED) is 0.595. The molecule has 1 saturated heterocycles. The van der Waals surface area contributed by atoms with Crippen LogP contribution in [0.3, 0.4) is 0 Å². The molecule has 3 aliphatic rings. The van der Waals surface area contributed by atoms with Gasteiger partial charge in [0.15, 0.2) is 11.6 Å². The smallest absolute Gasteiger partial charge is 0.402 e. The van der Waals surface area contributed by atoms with Crippen LogP contribution in [0, 0.1) is 11.8 Å². The molecule has 0 radical (unpaired) electrons. The van der Waals surface area contributed by atoms with Crippen LogP contribution in [0.2, 0.25) is 0 Å². The van der Waals surface area contributed by atoms with Crippen LogP contribution in [-0.4, -0.2) is 64.8 Å². The summed E-state index contributed by atoms with van der Waals surface area (Å²) in [7, 11) is 0. The highest BCUT2D eigenvalue weighted by atomic mass is 19.4. The average molecular weight is 502 g/mol. The lowest BCUT2D eigenvalue weighted by Crippen LogP contribution is -2.41. The minimum atomic E-state index is -4.94. The largest absolute Gasteiger partial charge is 0.573 e. The number of pyridine rings is 1. The van der Waals surface area contributed by atoms with Crippen molar-refractivity contribution >= 4 is 5.82 Å². The topological polar surface area (TPSA) is 78.4 Å². The van der Waals surface area contributed by atoms with Gasteiger partial charge in [-0.2, -0.15) is 5.10 Å². The number of anilines is 1. The van der Waals surface area contributed by atoms with Crippen LogP contribution >= 0.6 is 0 Å². The van der Waals surface area contributed by atoms with E-state index in [2.05, 4.69) is 19.7 Å². The Kier molecular flexibility index (Phi) is 6.60. The SMILES string of the molecule is Nc1ncc(-c2cc(C3CC4C[C@H]3CC4N3CCCOCC3)n(CC(F)F)n2)cc1OC(F)(F)F. The molecule has 0 amide bonds. The van der Waals surface area contributed by atoms with Crippen LogP contribution in [0.25, 0.3) is 11.3 Å². The second-order valence-corrected chi connectivity index (χ2v) is 9.59. The van der Waals surface area contributed by atoms with Gasteiger partial charge in [-0.05, 0) is 49.7 Å². The fourth-order valence-electron chi connectivity index (χ4n) is 6.10. The summed E-state index contributed by atoms with van der Waals surface area (Å²) >= 11 is 0. The molecule has 4 atom stereocenters. The van der Waals surface area contributed by atoms with Crippen molar-refractivity contribution in [3.63, 3.8) is 0 Å². The number of nitrogens with zero attached hydrogens (tertiary/aromatic N) is 4. The number of nitrogens with two attached hydrogens (primary N) is 1. The summed E-state index contributed by atoms with van der Waals surface area (Å²) in [5, 5.41) is 4.33.